The Balaban J connectivity index is 2.19. The Morgan fingerprint density at radius 3 is 2.58 bits per heavy atom. The summed E-state index contributed by atoms with van der Waals surface area (Å²) in [6.45, 7) is 19.0. The molecule has 0 atom stereocenters. The third-order valence-electron chi connectivity index (χ3n) is 6.04. The largest absolute Gasteiger partial charge is 0.344 e. The number of nitrogens with zero attached hydrogens (tertiary/aromatic N) is 2. The van der Waals surface area contributed by atoms with Gasteiger partial charge in [-0.05, 0) is 61.8 Å². The number of aryl methyl sites for hydroxylation is 1. The Kier molecular flexibility index (Phi) is 9.29. The van der Waals surface area contributed by atoms with E-state index >= 15 is 0 Å². The minimum absolute atomic E-state index is 0.123. The summed E-state index contributed by atoms with van der Waals surface area (Å²) in [7, 11) is 0. The second-order valence-corrected chi connectivity index (χ2v) is 8.28. The van der Waals surface area contributed by atoms with Crippen molar-refractivity contribution in [1.82, 2.24) is 4.90 Å². The van der Waals surface area contributed by atoms with Crippen LogP contribution in [0.25, 0.3) is 5.57 Å². The maximum atomic E-state index is 12.5. The van der Waals surface area contributed by atoms with Crippen molar-refractivity contribution >= 4 is 23.0 Å². The number of carbonyl (C=O) groups excluding carboxylic acids is 1. The fraction of sp³-hybridized carbons (Fsp3) is 0.481. The Hall–Kier alpha value is -2.62. The summed E-state index contributed by atoms with van der Waals surface area (Å²) in [4.78, 5) is 19.0. The number of benzene rings is 1. The predicted molar refractivity (Wildman–Crippen MR) is 134 cm³/mol. The van der Waals surface area contributed by atoms with Crippen LogP contribution < -0.4 is 5.32 Å². The molecule has 4 nitrogen and oxygen atoms in total. The van der Waals surface area contributed by atoms with E-state index in [9.17, 15) is 4.79 Å². The molecule has 1 aliphatic rings. The molecule has 1 aliphatic heterocycles. The molecular formula is C27H39N3O. The molecule has 0 unspecified atom stereocenters. The molecule has 1 N–H and O–H groups in total. The van der Waals surface area contributed by atoms with Crippen LogP contribution in [-0.4, -0.2) is 22.7 Å². The standard InChI is InChI=1S/C27H39N3O/c1-8-12-13-19(5)23-15-14-22(9-2)26(16-23)29-21(7)28-18-24-17-27(31)30(20(24)6)25(10-3)11-4/h14-16,18,25H,5-6,8-13,17H2,1-4,7H3,(H,28,29)/b24-18-. The molecule has 0 aromatic heterocycles. The number of allylic oxidation sites excluding steroid dienone is 2. The first kappa shape index (κ1) is 24.6. The van der Waals surface area contributed by atoms with Gasteiger partial charge in [-0.1, -0.05) is 59.4 Å². The van der Waals surface area contributed by atoms with Gasteiger partial charge in [0.15, 0.2) is 0 Å². The van der Waals surface area contributed by atoms with Gasteiger partial charge in [0.2, 0.25) is 5.91 Å². The number of likely N-dealkylation sites (tertiary alicyclic amines) is 1. The highest BCUT2D eigenvalue weighted by atomic mass is 16.2. The van der Waals surface area contributed by atoms with E-state index in [4.69, 9.17) is 0 Å². The third kappa shape index (κ3) is 6.19. The van der Waals surface area contributed by atoms with E-state index < -0.39 is 0 Å². The van der Waals surface area contributed by atoms with Crippen molar-refractivity contribution in [2.24, 2.45) is 4.99 Å². The zero-order chi connectivity index (χ0) is 23.0. The lowest BCUT2D eigenvalue weighted by Crippen LogP contribution is -2.33. The summed E-state index contributed by atoms with van der Waals surface area (Å²) in [6, 6.07) is 6.73. The van der Waals surface area contributed by atoms with E-state index in [0.29, 0.717) is 6.42 Å². The molecule has 31 heavy (non-hydrogen) atoms. The van der Waals surface area contributed by atoms with Gasteiger partial charge in [0.05, 0.1) is 6.42 Å². The fourth-order valence-electron chi connectivity index (χ4n) is 4.01. The first-order valence-electron chi connectivity index (χ1n) is 11.7. The molecule has 2 rings (SSSR count). The lowest BCUT2D eigenvalue weighted by molar-refractivity contribution is -0.128. The maximum Gasteiger partial charge on any atom is 0.231 e. The molecule has 4 heteroatoms. The van der Waals surface area contributed by atoms with E-state index in [1.807, 2.05) is 11.8 Å². The molecule has 1 saturated heterocycles. The molecule has 168 valence electrons. The lowest BCUT2D eigenvalue weighted by atomic mass is 9.98. The number of amides is 1. The summed E-state index contributed by atoms with van der Waals surface area (Å²) in [6.07, 6.45) is 8.30. The van der Waals surface area contributed by atoms with Gasteiger partial charge in [-0.15, -0.1) is 0 Å². The topological polar surface area (TPSA) is 44.7 Å². The Morgan fingerprint density at radius 1 is 1.26 bits per heavy atom. The van der Waals surface area contributed by atoms with E-state index in [2.05, 4.69) is 69.4 Å². The average Bonchev–Trinajstić information content (AvgIpc) is 3.05. The normalized spacial score (nSPS) is 16.0. The summed E-state index contributed by atoms with van der Waals surface area (Å²) in [5.41, 5.74) is 6.35. The number of unbranched alkanes of at least 4 members (excludes halogenated alkanes) is 1. The highest BCUT2D eigenvalue weighted by molar-refractivity contribution is 5.95. The summed E-state index contributed by atoms with van der Waals surface area (Å²) < 4.78 is 0. The van der Waals surface area contributed by atoms with Gasteiger partial charge in [0, 0.05) is 29.2 Å². The van der Waals surface area contributed by atoms with Gasteiger partial charge in [0.25, 0.3) is 0 Å². The van der Waals surface area contributed by atoms with Crippen LogP contribution in [0.4, 0.5) is 5.69 Å². The van der Waals surface area contributed by atoms with Crippen molar-refractivity contribution in [3.63, 3.8) is 0 Å². The molecule has 0 aliphatic carbocycles. The van der Waals surface area contributed by atoms with Crippen LogP contribution in [0.15, 0.2) is 53.8 Å². The smallest absolute Gasteiger partial charge is 0.231 e. The van der Waals surface area contributed by atoms with Crippen LogP contribution in [0.5, 0.6) is 0 Å². The Bertz CT molecular complexity index is 874. The average molecular weight is 422 g/mol. The molecule has 1 heterocycles. The second-order valence-electron chi connectivity index (χ2n) is 8.28. The van der Waals surface area contributed by atoms with Gasteiger partial charge in [-0.3, -0.25) is 4.79 Å². The minimum atomic E-state index is 0.123. The van der Waals surface area contributed by atoms with Crippen molar-refractivity contribution in [2.75, 3.05) is 5.32 Å². The number of hydrogen-bond acceptors (Lipinski definition) is 2. The second kappa shape index (κ2) is 11.7. The quantitative estimate of drug-likeness (QED) is 0.323. The monoisotopic (exact) mass is 421 g/mol. The number of hydrogen-bond donors (Lipinski definition) is 1. The molecular weight excluding hydrogens is 382 g/mol. The number of aliphatic imine (C=N–C) groups is 1. The van der Waals surface area contributed by atoms with Crippen LogP contribution in [0.3, 0.4) is 0 Å². The van der Waals surface area contributed by atoms with Gasteiger partial charge >= 0.3 is 0 Å². The lowest BCUT2D eigenvalue weighted by Gasteiger charge is -2.26. The van der Waals surface area contributed by atoms with Crippen molar-refractivity contribution in [3.8, 4) is 0 Å². The van der Waals surface area contributed by atoms with Crippen LogP contribution in [0.2, 0.25) is 0 Å². The molecule has 1 fully saturated rings. The van der Waals surface area contributed by atoms with Crippen molar-refractivity contribution < 1.29 is 4.79 Å². The van der Waals surface area contributed by atoms with Crippen molar-refractivity contribution in [1.29, 1.82) is 0 Å². The highest BCUT2D eigenvalue weighted by Crippen LogP contribution is 2.31. The number of anilines is 1. The van der Waals surface area contributed by atoms with Gasteiger partial charge in [-0.25, -0.2) is 4.99 Å². The first-order valence-corrected chi connectivity index (χ1v) is 11.7. The molecule has 0 bridgehead atoms. The molecule has 1 aromatic carbocycles. The Labute approximate surface area is 188 Å². The zero-order valence-electron chi connectivity index (χ0n) is 20.1. The minimum Gasteiger partial charge on any atom is -0.344 e. The number of rotatable bonds is 10. The molecule has 0 saturated carbocycles. The van der Waals surface area contributed by atoms with Gasteiger partial charge < -0.3 is 10.2 Å². The van der Waals surface area contributed by atoms with Crippen LogP contribution in [0.1, 0.15) is 84.3 Å². The van der Waals surface area contributed by atoms with E-state index in [-0.39, 0.29) is 11.9 Å². The summed E-state index contributed by atoms with van der Waals surface area (Å²) >= 11 is 0. The SMILES string of the molecule is C=C(CCCC)c1ccc(CC)c(NC(C)=N/C=C2/CC(=O)N(C(CC)CC)C2=C)c1. The van der Waals surface area contributed by atoms with Crippen LogP contribution in [0, 0.1) is 0 Å². The van der Waals surface area contributed by atoms with E-state index in [1.165, 1.54) is 23.1 Å². The summed E-state index contributed by atoms with van der Waals surface area (Å²) in [5.74, 6) is 0.914. The molecule has 0 spiro atoms. The fourth-order valence-corrected chi connectivity index (χ4v) is 4.01. The summed E-state index contributed by atoms with van der Waals surface area (Å²) in [5, 5.41) is 3.46. The predicted octanol–water partition coefficient (Wildman–Crippen LogP) is 7.10. The third-order valence-corrected chi connectivity index (χ3v) is 6.04. The molecule has 1 amide bonds. The van der Waals surface area contributed by atoms with Crippen molar-refractivity contribution in [2.45, 2.75) is 85.6 Å². The Morgan fingerprint density at radius 2 is 1.97 bits per heavy atom. The highest BCUT2D eigenvalue weighted by Gasteiger charge is 2.32. The maximum absolute atomic E-state index is 12.5. The van der Waals surface area contributed by atoms with E-state index in [0.717, 1.165) is 54.9 Å². The number of nitrogens with one attached hydrogen (secondary N) is 1. The van der Waals surface area contributed by atoms with Gasteiger partial charge in [-0.2, -0.15) is 0 Å². The number of amidine groups is 1. The molecule has 0 radical (unpaired) electrons. The zero-order valence-corrected chi connectivity index (χ0v) is 20.1. The van der Waals surface area contributed by atoms with Crippen LogP contribution in [-0.2, 0) is 11.2 Å². The van der Waals surface area contributed by atoms with Crippen molar-refractivity contribution in [3.05, 3.63) is 60.0 Å². The van der Waals surface area contributed by atoms with Gasteiger partial charge in [0.1, 0.15) is 5.84 Å². The first-order chi connectivity index (χ1) is 14.9. The van der Waals surface area contributed by atoms with Crippen LogP contribution >= 0.6 is 0 Å². The molecule has 1 aromatic rings. The number of carbonyl (C=O) groups is 1. The van der Waals surface area contributed by atoms with E-state index in [1.54, 1.807) is 6.20 Å².